The number of hydrogen-bond acceptors (Lipinski definition) is 11. The van der Waals surface area contributed by atoms with E-state index in [4.69, 9.17) is 0 Å². The molecule has 0 spiro atoms. The summed E-state index contributed by atoms with van der Waals surface area (Å²) in [5.74, 6) is -0.579. The number of hydrogen-bond donors (Lipinski definition) is 3. The van der Waals surface area contributed by atoms with E-state index in [9.17, 15) is 22.8 Å². The standard InChI is InChI=1S/C36H39N9O5S/c1-5-51(49,50)24-13-14-37-23(15-24)19-44(3)36(48)30-16-26-20(2)45(4)33-25(27(26)18-38-30)7-6-8-28(33)40-29-17-31(41-34(46)21-9-10-21)42-43-32(29)35(47)39-22-11-12-22/h6-8,13-18,20-22H,5,9-12,19H2,1-4H3,(H,39,47)(H2,40,41,42,46). The van der Waals surface area contributed by atoms with Gasteiger partial charge in [0, 0.05) is 55.6 Å². The lowest BCUT2D eigenvalue weighted by molar-refractivity contribution is -0.117. The fourth-order valence-corrected chi connectivity index (χ4v) is 7.05. The van der Waals surface area contributed by atoms with Gasteiger partial charge >= 0.3 is 0 Å². The molecule has 3 aliphatic rings. The van der Waals surface area contributed by atoms with Crippen molar-refractivity contribution < 1.29 is 22.8 Å². The Morgan fingerprint density at radius 1 is 0.980 bits per heavy atom. The number of rotatable bonds is 11. The molecule has 4 aromatic rings. The van der Waals surface area contributed by atoms with Crippen molar-refractivity contribution >= 4 is 50.4 Å². The normalized spacial score (nSPS) is 16.5. The monoisotopic (exact) mass is 709 g/mol. The molecule has 3 N–H and O–H groups in total. The fourth-order valence-electron chi connectivity index (χ4n) is 6.13. The molecule has 0 saturated heterocycles. The SMILES string of the molecule is CCS(=O)(=O)c1ccnc(CN(C)C(=O)c2cc3c(cn2)-c2cccc(Nc4cc(NC(=O)C5CC5)nnc4C(=O)NC4CC4)c2N(C)C3C)c1. The van der Waals surface area contributed by atoms with Gasteiger partial charge in [0.15, 0.2) is 21.3 Å². The maximum Gasteiger partial charge on any atom is 0.274 e. The Kier molecular flexibility index (Phi) is 8.91. The molecule has 264 valence electrons. The molecular weight excluding hydrogens is 671 g/mol. The zero-order valence-corrected chi connectivity index (χ0v) is 29.6. The highest BCUT2D eigenvalue weighted by Gasteiger charge is 2.33. The van der Waals surface area contributed by atoms with Gasteiger partial charge in [-0.05, 0) is 62.4 Å². The summed E-state index contributed by atoms with van der Waals surface area (Å²) in [6, 6.07) is 12.1. The Hall–Kier alpha value is -5.44. The molecule has 4 heterocycles. The molecule has 0 bridgehead atoms. The van der Waals surface area contributed by atoms with Crippen LogP contribution < -0.4 is 20.9 Å². The Labute approximate surface area is 296 Å². The first-order valence-corrected chi connectivity index (χ1v) is 18.6. The van der Waals surface area contributed by atoms with Crippen molar-refractivity contribution in [3.05, 3.63) is 77.5 Å². The van der Waals surface area contributed by atoms with Crippen molar-refractivity contribution in [1.82, 2.24) is 30.4 Å². The zero-order chi connectivity index (χ0) is 36.0. The van der Waals surface area contributed by atoms with Gasteiger partial charge in [0.05, 0.1) is 46.0 Å². The molecule has 15 heteroatoms. The van der Waals surface area contributed by atoms with E-state index in [-0.39, 0.29) is 70.1 Å². The molecular formula is C36H39N9O5S. The Bertz CT molecular complexity index is 2170. The zero-order valence-electron chi connectivity index (χ0n) is 28.8. The lowest BCUT2D eigenvalue weighted by Crippen LogP contribution is -2.30. The van der Waals surface area contributed by atoms with Crippen LogP contribution in [0.2, 0.25) is 0 Å². The largest absolute Gasteiger partial charge is 0.366 e. The van der Waals surface area contributed by atoms with Crippen LogP contribution in [0.3, 0.4) is 0 Å². The number of benzene rings is 1. The third kappa shape index (κ3) is 6.98. The fraction of sp³-hybridized carbons (Fsp3) is 0.361. The number of anilines is 4. The highest BCUT2D eigenvalue weighted by Crippen LogP contribution is 2.48. The van der Waals surface area contributed by atoms with Gasteiger partial charge in [0.2, 0.25) is 5.91 Å². The first kappa shape index (κ1) is 34.0. The van der Waals surface area contributed by atoms with E-state index in [1.807, 2.05) is 32.2 Å². The first-order valence-electron chi connectivity index (χ1n) is 17.0. The van der Waals surface area contributed by atoms with E-state index < -0.39 is 9.84 Å². The van der Waals surface area contributed by atoms with Gasteiger partial charge in [-0.3, -0.25) is 24.4 Å². The number of carbonyl (C=O) groups excluding carboxylic acids is 3. The van der Waals surface area contributed by atoms with E-state index in [0.717, 1.165) is 48.1 Å². The van der Waals surface area contributed by atoms with Crippen molar-refractivity contribution in [3.63, 3.8) is 0 Å². The summed E-state index contributed by atoms with van der Waals surface area (Å²) in [4.78, 5) is 51.9. The van der Waals surface area contributed by atoms with Gasteiger partial charge in [-0.1, -0.05) is 19.1 Å². The molecule has 0 radical (unpaired) electrons. The quantitative estimate of drug-likeness (QED) is 0.200. The molecule has 51 heavy (non-hydrogen) atoms. The van der Waals surface area contributed by atoms with Crippen molar-refractivity contribution in [2.45, 2.75) is 63.1 Å². The second kappa shape index (κ2) is 13.4. The van der Waals surface area contributed by atoms with E-state index in [1.165, 1.54) is 23.2 Å². The Morgan fingerprint density at radius 2 is 1.76 bits per heavy atom. The summed E-state index contributed by atoms with van der Waals surface area (Å²) in [5, 5.41) is 17.6. The van der Waals surface area contributed by atoms with Gasteiger partial charge in [-0.15, -0.1) is 10.2 Å². The Morgan fingerprint density at radius 3 is 2.49 bits per heavy atom. The van der Waals surface area contributed by atoms with Crippen LogP contribution in [0.4, 0.5) is 22.9 Å². The molecule has 3 aromatic heterocycles. The average Bonchev–Trinajstić information content (AvgIpc) is 4.06. The minimum absolute atomic E-state index is 0.0250. The maximum absolute atomic E-state index is 13.6. The molecule has 2 saturated carbocycles. The summed E-state index contributed by atoms with van der Waals surface area (Å²) in [6.45, 7) is 3.72. The second-order valence-corrected chi connectivity index (χ2v) is 15.6. The highest BCUT2D eigenvalue weighted by atomic mass is 32.2. The molecule has 1 aromatic carbocycles. The van der Waals surface area contributed by atoms with E-state index in [1.54, 1.807) is 32.3 Å². The van der Waals surface area contributed by atoms with Crippen LogP contribution >= 0.6 is 0 Å². The predicted molar refractivity (Wildman–Crippen MR) is 191 cm³/mol. The van der Waals surface area contributed by atoms with Crippen LogP contribution in [0.15, 0.2) is 59.8 Å². The van der Waals surface area contributed by atoms with Crippen molar-refractivity contribution in [2.24, 2.45) is 5.92 Å². The number of pyridine rings is 2. The summed E-state index contributed by atoms with van der Waals surface area (Å²) >= 11 is 0. The lowest BCUT2D eigenvalue weighted by Gasteiger charge is -2.37. The van der Waals surface area contributed by atoms with Gasteiger partial charge < -0.3 is 25.8 Å². The molecule has 2 fully saturated rings. The number of aromatic nitrogens is 4. The number of carbonyl (C=O) groups is 3. The predicted octanol–water partition coefficient (Wildman–Crippen LogP) is 4.49. The number of fused-ring (bicyclic) bond motifs is 3. The molecule has 14 nitrogen and oxygen atoms in total. The summed E-state index contributed by atoms with van der Waals surface area (Å²) < 4.78 is 24.8. The lowest BCUT2D eigenvalue weighted by atomic mass is 9.89. The topological polar surface area (TPSA) is 179 Å². The van der Waals surface area contributed by atoms with E-state index in [0.29, 0.717) is 17.1 Å². The first-order chi connectivity index (χ1) is 24.4. The summed E-state index contributed by atoms with van der Waals surface area (Å²) in [6.07, 6.45) is 6.65. The summed E-state index contributed by atoms with van der Waals surface area (Å²) in [7, 11) is 0.174. The minimum Gasteiger partial charge on any atom is -0.366 e. The minimum atomic E-state index is -3.42. The van der Waals surface area contributed by atoms with Crippen LogP contribution in [-0.4, -0.2) is 77.1 Å². The molecule has 1 atom stereocenters. The molecule has 1 unspecified atom stereocenters. The molecule has 2 aliphatic carbocycles. The summed E-state index contributed by atoms with van der Waals surface area (Å²) in [5.41, 5.74) is 5.44. The smallest absolute Gasteiger partial charge is 0.274 e. The second-order valence-electron chi connectivity index (χ2n) is 13.3. The van der Waals surface area contributed by atoms with Gasteiger partial charge in [-0.25, -0.2) is 8.42 Å². The molecule has 1 aliphatic heterocycles. The Balaban J connectivity index is 1.17. The van der Waals surface area contributed by atoms with Gasteiger partial charge in [-0.2, -0.15) is 0 Å². The number of para-hydroxylation sites is 1. The van der Waals surface area contributed by atoms with Crippen molar-refractivity contribution in [3.8, 4) is 11.1 Å². The van der Waals surface area contributed by atoms with Gasteiger partial charge in [0.25, 0.3) is 11.8 Å². The number of sulfone groups is 1. The maximum atomic E-state index is 13.6. The van der Waals surface area contributed by atoms with Crippen molar-refractivity contribution in [2.75, 3.05) is 35.4 Å². The number of amides is 3. The third-order valence-electron chi connectivity index (χ3n) is 9.53. The average molecular weight is 710 g/mol. The van der Waals surface area contributed by atoms with E-state index in [2.05, 4.69) is 41.0 Å². The van der Waals surface area contributed by atoms with Crippen LogP contribution in [-0.2, 0) is 21.2 Å². The number of nitrogens with one attached hydrogen (secondary N) is 3. The van der Waals surface area contributed by atoms with Crippen LogP contribution in [0, 0.1) is 5.92 Å². The van der Waals surface area contributed by atoms with Crippen LogP contribution in [0.1, 0.15) is 77.8 Å². The number of nitrogens with zero attached hydrogens (tertiary/aromatic N) is 6. The highest BCUT2D eigenvalue weighted by molar-refractivity contribution is 7.91. The third-order valence-corrected chi connectivity index (χ3v) is 11.3. The van der Waals surface area contributed by atoms with Crippen LogP contribution in [0.25, 0.3) is 11.1 Å². The van der Waals surface area contributed by atoms with Gasteiger partial charge in [0.1, 0.15) is 5.69 Å². The van der Waals surface area contributed by atoms with Crippen LogP contribution in [0.5, 0.6) is 0 Å². The van der Waals surface area contributed by atoms with E-state index >= 15 is 0 Å². The molecule has 3 amide bonds. The molecule has 7 rings (SSSR count). The van der Waals surface area contributed by atoms with Crippen molar-refractivity contribution in [1.29, 1.82) is 0 Å².